The number of benzene rings is 1. The summed E-state index contributed by atoms with van der Waals surface area (Å²) in [4.78, 5) is 0. The Kier molecular flexibility index (Phi) is 4.08. The van der Waals surface area contributed by atoms with E-state index in [0.29, 0.717) is 23.9 Å². The van der Waals surface area contributed by atoms with E-state index in [2.05, 4.69) is 4.72 Å². The van der Waals surface area contributed by atoms with Gasteiger partial charge in [0.15, 0.2) is 0 Å². The molecule has 1 aromatic carbocycles. The van der Waals surface area contributed by atoms with Crippen molar-refractivity contribution >= 4 is 15.7 Å². The highest BCUT2D eigenvalue weighted by molar-refractivity contribution is 7.89. The average Bonchev–Trinajstić information content (AvgIpc) is 3.13. The number of anilines is 1. The van der Waals surface area contributed by atoms with Gasteiger partial charge < -0.3 is 10.5 Å². The fraction of sp³-hybridized carbons (Fsp3) is 0.500. The molecule has 0 saturated heterocycles. The molecule has 0 unspecified atom stereocenters. The van der Waals surface area contributed by atoms with Crippen molar-refractivity contribution in [2.24, 2.45) is 5.92 Å². The molecule has 1 fully saturated rings. The zero-order chi connectivity index (χ0) is 13.0. The molecule has 5 nitrogen and oxygen atoms in total. The molecule has 0 spiro atoms. The van der Waals surface area contributed by atoms with Crippen LogP contribution in [0.25, 0.3) is 0 Å². The minimum Gasteiger partial charge on any atom is -0.492 e. The molecule has 1 aromatic rings. The van der Waals surface area contributed by atoms with Crippen LogP contribution >= 0.6 is 0 Å². The number of nitrogens with two attached hydrogens (primary N) is 1. The molecule has 0 amide bonds. The van der Waals surface area contributed by atoms with Crippen molar-refractivity contribution in [1.82, 2.24) is 4.72 Å². The molecule has 1 aliphatic rings. The van der Waals surface area contributed by atoms with Crippen molar-refractivity contribution < 1.29 is 13.2 Å². The van der Waals surface area contributed by atoms with Crippen LogP contribution in [-0.4, -0.2) is 27.3 Å². The molecule has 1 aliphatic carbocycles. The molecule has 0 aromatic heterocycles. The lowest BCUT2D eigenvalue weighted by Crippen LogP contribution is -2.30. The van der Waals surface area contributed by atoms with E-state index in [9.17, 15) is 8.42 Å². The Morgan fingerprint density at radius 2 is 1.94 bits per heavy atom. The summed E-state index contributed by atoms with van der Waals surface area (Å²) >= 11 is 0. The first-order valence-corrected chi connectivity index (χ1v) is 7.66. The smallest absolute Gasteiger partial charge is 0.214 e. The maximum Gasteiger partial charge on any atom is 0.214 e. The first-order chi connectivity index (χ1) is 8.55. The second kappa shape index (κ2) is 5.58. The third-order valence-corrected chi connectivity index (χ3v) is 4.10. The van der Waals surface area contributed by atoms with Crippen LogP contribution in [0.2, 0.25) is 0 Å². The maximum absolute atomic E-state index is 11.6. The van der Waals surface area contributed by atoms with Gasteiger partial charge in [-0.2, -0.15) is 0 Å². The molecule has 0 atom stereocenters. The van der Waals surface area contributed by atoms with Gasteiger partial charge in [-0.05, 0) is 43.0 Å². The van der Waals surface area contributed by atoms with E-state index in [0.717, 1.165) is 12.8 Å². The Hall–Kier alpha value is -1.27. The number of nitrogen functional groups attached to an aromatic ring is 1. The summed E-state index contributed by atoms with van der Waals surface area (Å²) in [5.74, 6) is 1.14. The molecule has 18 heavy (non-hydrogen) atoms. The van der Waals surface area contributed by atoms with Gasteiger partial charge in [-0.3, -0.25) is 0 Å². The first-order valence-electron chi connectivity index (χ1n) is 6.01. The third kappa shape index (κ3) is 4.54. The average molecular weight is 270 g/mol. The normalized spacial score (nSPS) is 15.6. The van der Waals surface area contributed by atoms with Crippen LogP contribution in [-0.2, 0) is 10.0 Å². The Bertz CT molecular complexity index is 481. The topological polar surface area (TPSA) is 81.4 Å². The lowest BCUT2D eigenvalue weighted by atomic mass is 10.3. The summed E-state index contributed by atoms with van der Waals surface area (Å²) in [5, 5.41) is 0. The summed E-state index contributed by atoms with van der Waals surface area (Å²) in [6.07, 6.45) is 2.26. The molecule has 0 heterocycles. The highest BCUT2D eigenvalue weighted by atomic mass is 32.2. The fourth-order valence-electron chi connectivity index (χ4n) is 1.47. The fourth-order valence-corrected chi connectivity index (χ4v) is 2.41. The van der Waals surface area contributed by atoms with Gasteiger partial charge in [0.05, 0.1) is 5.75 Å². The van der Waals surface area contributed by atoms with Crippen LogP contribution in [0.4, 0.5) is 5.69 Å². The number of sulfonamides is 1. The Morgan fingerprint density at radius 3 is 2.56 bits per heavy atom. The van der Waals surface area contributed by atoms with Gasteiger partial charge in [-0.15, -0.1) is 0 Å². The van der Waals surface area contributed by atoms with Gasteiger partial charge in [-0.1, -0.05) is 0 Å². The summed E-state index contributed by atoms with van der Waals surface area (Å²) < 4.78 is 31.1. The highest BCUT2D eigenvalue weighted by Crippen LogP contribution is 2.27. The number of rotatable bonds is 7. The molecule has 0 radical (unpaired) electrons. The predicted octanol–water partition coefficient (Wildman–Crippen LogP) is 0.977. The van der Waals surface area contributed by atoms with E-state index in [1.54, 1.807) is 24.3 Å². The van der Waals surface area contributed by atoms with Crippen molar-refractivity contribution in [2.45, 2.75) is 12.8 Å². The van der Waals surface area contributed by atoms with Gasteiger partial charge in [0.1, 0.15) is 12.4 Å². The molecule has 2 rings (SSSR count). The minimum absolute atomic E-state index is 0.0237. The van der Waals surface area contributed by atoms with E-state index in [-0.39, 0.29) is 12.4 Å². The molecular formula is C12H18N2O3S. The third-order valence-electron chi connectivity index (χ3n) is 2.79. The van der Waals surface area contributed by atoms with Crippen molar-refractivity contribution in [3.8, 4) is 5.75 Å². The largest absolute Gasteiger partial charge is 0.492 e. The van der Waals surface area contributed by atoms with E-state index < -0.39 is 10.0 Å². The second-order valence-electron chi connectivity index (χ2n) is 4.53. The Morgan fingerprint density at radius 1 is 1.28 bits per heavy atom. The second-order valence-corrected chi connectivity index (χ2v) is 6.45. The maximum atomic E-state index is 11.6. The van der Waals surface area contributed by atoms with Crippen molar-refractivity contribution in [1.29, 1.82) is 0 Å². The van der Waals surface area contributed by atoms with Gasteiger partial charge in [-0.25, -0.2) is 13.1 Å². The van der Waals surface area contributed by atoms with Crippen LogP contribution in [0, 0.1) is 5.92 Å². The van der Waals surface area contributed by atoms with Crippen LogP contribution in [0.5, 0.6) is 5.75 Å². The Balaban J connectivity index is 1.71. The van der Waals surface area contributed by atoms with Crippen LogP contribution < -0.4 is 15.2 Å². The van der Waals surface area contributed by atoms with Crippen LogP contribution in [0.15, 0.2) is 24.3 Å². The minimum atomic E-state index is -3.21. The lowest BCUT2D eigenvalue weighted by molar-refractivity contribution is 0.340. The summed E-state index contributed by atoms with van der Waals surface area (Å²) in [7, 11) is -3.21. The number of ether oxygens (including phenoxy) is 1. The highest BCUT2D eigenvalue weighted by Gasteiger charge is 2.23. The van der Waals surface area contributed by atoms with Gasteiger partial charge in [0.25, 0.3) is 0 Å². The zero-order valence-corrected chi connectivity index (χ0v) is 10.9. The molecule has 0 bridgehead atoms. The van der Waals surface area contributed by atoms with E-state index in [1.807, 2.05) is 0 Å². The monoisotopic (exact) mass is 270 g/mol. The Labute approximate surface area is 107 Å². The zero-order valence-electron chi connectivity index (χ0n) is 10.1. The van der Waals surface area contributed by atoms with E-state index in [1.165, 1.54) is 0 Å². The molecular weight excluding hydrogens is 252 g/mol. The summed E-state index contributed by atoms with van der Waals surface area (Å²) in [6, 6.07) is 6.88. The summed E-state index contributed by atoms with van der Waals surface area (Å²) in [5.41, 5.74) is 6.19. The number of hydrogen-bond acceptors (Lipinski definition) is 4. The summed E-state index contributed by atoms with van der Waals surface area (Å²) in [6.45, 7) is 0.703. The number of nitrogens with one attached hydrogen (secondary N) is 1. The molecule has 1 saturated carbocycles. The standard InChI is InChI=1S/C12H18N2O3S/c13-11-3-5-12(6-4-11)17-7-8-18(15,16)14-9-10-1-2-10/h3-6,10,14H,1-2,7-9,13H2. The lowest BCUT2D eigenvalue weighted by Gasteiger charge is -2.08. The van der Waals surface area contributed by atoms with Crippen molar-refractivity contribution in [2.75, 3.05) is 24.6 Å². The van der Waals surface area contributed by atoms with Crippen LogP contribution in [0.1, 0.15) is 12.8 Å². The van der Waals surface area contributed by atoms with Crippen LogP contribution in [0.3, 0.4) is 0 Å². The van der Waals surface area contributed by atoms with Gasteiger partial charge >= 0.3 is 0 Å². The number of hydrogen-bond donors (Lipinski definition) is 2. The molecule has 100 valence electrons. The predicted molar refractivity (Wildman–Crippen MR) is 70.9 cm³/mol. The van der Waals surface area contributed by atoms with E-state index >= 15 is 0 Å². The molecule has 0 aliphatic heterocycles. The first kappa shape index (κ1) is 13.2. The van der Waals surface area contributed by atoms with Crippen molar-refractivity contribution in [3.63, 3.8) is 0 Å². The quantitative estimate of drug-likeness (QED) is 0.724. The van der Waals surface area contributed by atoms with E-state index in [4.69, 9.17) is 10.5 Å². The SMILES string of the molecule is Nc1ccc(OCCS(=O)(=O)NCC2CC2)cc1. The van der Waals surface area contributed by atoms with Gasteiger partial charge in [0.2, 0.25) is 10.0 Å². The molecule has 3 N–H and O–H groups in total. The molecule has 6 heteroatoms. The van der Waals surface area contributed by atoms with Crippen molar-refractivity contribution in [3.05, 3.63) is 24.3 Å². The van der Waals surface area contributed by atoms with Gasteiger partial charge in [0, 0.05) is 12.2 Å².